The molecule has 2 atom stereocenters. The highest BCUT2D eigenvalue weighted by Crippen LogP contribution is 2.29. The van der Waals surface area contributed by atoms with Crippen LogP contribution >= 0.6 is 0 Å². The molecular formula is C14H22N4. The Morgan fingerprint density at radius 3 is 3.06 bits per heavy atom. The van der Waals surface area contributed by atoms with Crippen molar-refractivity contribution in [3.8, 4) is 0 Å². The number of anilines is 2. The molecule has 3 heterocycles. The van der Waals surface area contributed by atoms with Crippen molar-refractivity contribution in [1.29, 1.82) is 0 Å². The maximum atomic E-state index is 5.80. The van der Waals surface area contributed by atoms with Gasteiger partial charge < -0.3 is 11.1 Å². The van der Waals surface area contributed by atoms with Crippen LogP contribution in [0.15, 0.2) is 12.3 Å². The zero-order valence-electron chi connectivity index (χ0n) is 11.0. The molecule has 4 nitrogen and oxygen atoms in total. The third kappa shape index (κ3) is 2.17. The summed E-state index contributed by atoms with van der Waals surface area (Å²) in [6.45, 7) is 4.54. The number of rotatable bonds is 2. The molecular weight excluding hydrogens is 224 g/mol. The smallest absolute Gasteiger partial charge is 0.126 e. The number of nitrogens with zero attached hydrogens (tertiary/aromatic N) is 2. The molecule has 1 aromatic rings. The highest BCUT2D eigenvalue weighted by atomic mass is 15.2. The van der Waals surface area contributed by atoms with Gasteiger partial charge in [0, 0.05) is 18.6 Å². The van der Waals surface area contributed by atoms with Crippen molar-refractivity contribution >= 4 is 11.5 Å². The fourth-order valence-electron chi connectivity index (χ4n) is 3.25. The Hall–Kier alpha value is -1.29. The maximum absolute atomic E-state index is 5.80. The Morgan fingerprint density at radius 1 is 1.33 bits per heavy atom. The molecule has 0 radical (unpaired) electrons. The first-order chi connectivity index (χ1) is 8.74. The monoisotopic (exact) mass is 246 g/mol. The predicted molar refractivity (Wildman–Crippen MR) is 74.6 cm³/mol. The summed E-state index contributed by atoms with van der Waals surface area (Å²) in [5.74, 6) is 0.971. The number of nitrogens with one attached hydrogen (secondary N) is 1. The van der Waals surface area contributed by atoms with Crippen LogP contribution in [-0.4, -0.2) is 35.1 Å². The van der Waals surface area contributed by atoms with Crippen LogP contribution in [-0.2, 0) is 0 Å². The van der Waals surface area contributed by atoms with Gasteiger partial charge >= 0.3 is 0 Å². The van der Waals surface area contributed by atoms with Crippen molar-refractivity contribution in [1.82, 2.24) is 9.88 Å². The van der Waals surface area contributed by atoms with Gasteiger partial charge in [-0.2, -0.15) is 0 Å². The Bertz CT molecular complexity index is 432. The molecule has 18 heavy (non-hydrogen) atoms. The molecule has 4 heteroatoms. The van der Waals surface area contributed by atoms with E-state index in [-0.39, 0.29) is 0 Å². The lowest BCUT2D eigenvalue weighted by Gasteiger charge is -2.32. The van der Waals surface area contributed by atoms with Gasteiger partial charge in [-0.05, 0) is 44.4 Å². The molecule has 1 aromatic heterocycles. The second-order valence-electron chi connectivity index (χ2n) is 5.56. The number of aromatic nitrogens is 1. The minimum Gasteiger partial charge on any atom is -0.397 e. The van der Waals surface area contributed by atoms with Crippen molar-refractivity contribution in [2.24, 2.45) is 0 Å². The number of nitrogens with two attached hydrogens (primary N) is 1. The van der Waals surface area contributed by atoms with Crippen LogP contribution in [0, 0.1) is 6.92 Å². The Labute approximate surface area is 109 Å². The first-order valence-corrected chi connectivity index (χ1v) is 6.97. The molecule has 0 spiro atoms. The van der Waals surface area contributed by atoms with E-state index in [0.717, 1.165) is 17.1 Å². The second-order valence-corrected chi connectivity index (χ2v) is 5.56. The normalized spacial score (nSPS) is 28.1. The number of hydrogen-bond acceptors (Lipinski definition) is 4. The topological polar surface area (TPSA) is 54.2 Å². The van der Waals surface area contributed by atoms with Gasteiger partial charge in [0.25, 0.3) is 0 Å². The number of hydrogen-bond donors (Lipinski definition) is 2. The number of pyridine rings is 1. The van der Waals surface area contributed by atoms with E-state index in [1.165, 1.54) is 38.8 Å². The van der Waals surface area contributed by atoms with E-state index >= 15 is 0 Å². The summed E-state index contributed by atoms with van der Waals surface area (Å²) >= 11 is 0. The van der Waals surface area contributed by atoms with E-state index in [1.54, 1.807) is 6.20 Å². The van der Waals surface area contributed by atoms with Crippen LogP contribution < -0.4 is 11.1 Å². The molecule has 2 saturated heterocycles. The second kappa shape index (κ2) is 4.76. The molecule has 2 fully saturated rings. The summed E-state index contributed by atoms with van der Waals surface area (Å²) in [7, 11) is 0. The van der Waals surface area contributed by atoms with Crippen molar-refractivity contribution in [3.05, 3.63) is 17.8 Å². The zero-order chi connectivity index (χ0) is 12.5. The molecule has 98 valence electrons. The first-order valence-electron chi connectivity index (χ1n) is 6.97. The van der Waals surface area contributed by atoms with Gasteiger partial charge in [-0.3, -0.25) is 4.90 Å². The average Bonchev–Trinajstić information content (AvgIpc) is 2.78. The van der Waals surface area contributed by atoms with E-state index in [1.807, 2.05) is 6.92 Å². The highest BCUT2D eigenvalue weighted by Gasteiger charge is 2.35. The van der Waals surface area contributed by atoms with Gasteiger partial charge in [0.1, 0.15) is 5.82 Å². The summed E-state index contributed by atoms with van der Waals surface area (Å²) in [6, 6.07) is 3.32. The molecule has 0 saturated carbocycles. The SMILES string of the molecule is Cc1cc(NC2CCN3CCCCC23)ncc1N. The lowest BCUT2D eigenvalue weighted by Crippen LogP contribution is -2.41. The van der Waals surface area contributed by atoms with Crippen LogP contribution in [0.3, 0.4) is 0 Å². The number of fused-ring (bicyclic) bond motifs is 1. The molecule has 3 N–H and O–H groups in total. The van der Waals surface area contributed by atoms with Crippen LogP contribution in [0.5, 0.6) is 0 Å². The van der Waals surface area contributed by atoms with Crippen LogP contribution in [0.4, 0.5) is 11.5 Å². The van der Waals surface area contributed by atoms with E-state index in [9.17, 15) is 0 Å². The van der Waals surface area contributed by atoms with Crippen LogP contribution in [0.2, 0.25) is 0 Å². The lowest BCUT2D eigenvalue weighted by molar-refractivity contribution is 0.192. The van der Waals surface area contributed by atoms with Crippen LogP contribution in [0.25, 0.3) is 0 Å². The molecule has 2 aliphatic heterocycles. The molecule has 0 bridgehead atoms. The van der Waals surface area contributed by atoms with Crippen molar-refractivity contribution in [2.45, 2.75) is 44.7 Å². The van der Waals surface area contributed by atoms with Gasteiger partial charge in [-0.15, -0.1) is 0 Å². The minimum atomic E-state index is 0.556. The van der Waals surface area contributed by atoms with Crippen LogP contribution in [0.1, 0.15) is 31.2 Å². The summed E-state index contributed by atoms with van der Waals surface area (Å²) in [4.78, 5) is 7.02. The summed E-state index contributed by atoms with van der Waals surface area (Å²) in [5, 5.41) is 3.60. The van der Waals surface area contributed by atoms with Gasteiger partial charge in [-0.1, -0.05) is 6.42 Å². The molecule has 3 rings (SSSR count). The van der Waals surface area contributed by atoms with Crippen molar-refractivity contribution < 1.29 is 0 Å². The highest BCUT2D eigenvalue weighted by molar-refractivity contribution is 5.51. The fraction of sp³-hybridized carbons (Fsp3) is 0.643. The standard InChI is InChI=1S/C14H22N4/c1-10-8-14(16-9-11(10)15)17-12-5-7-18-6-3-2-4-13(12)18/h8-9,12-13H,2-7,15H2,1H3,(H,16,17). The van der Waals surface area contributed by atoms with Crippen molar-refractivity contribution in [2.75, 3.05) is 24.1 Å². The number of piperidine rings is 1. The van der Waals surface area contributed by atoms with E-state index in [0.29, 0.717) is 12.1 Å². The largest absolute Gasteiger partial charge is 0.397 e. The van der Waals surface area contributed by atoms with Gasteiger partial charge in [-0.25, -0.2) is 4.98 Å². The summed E-state index contributed by atoms with van der Waals surface area (Å²) in [5.41, 5.74) is 7.68. The quantitative estimate of drug-likeness (QED) is 0.838. The Morgan fingerprint density at radius 2 is 2.22 bits per heavy atom. The first kappa shape index (κ1) is 11.8. The summed E-state index contributed by atoms with van der Waals surface area (Å²) in [6.07, 6.45) is 7.04. The van der Waals surface area contributed by atoms with Gasteiger partial charge in [0.2, 0.25) is 0 Å². The third-order valence-corrected chi connectivity index (χ3v) is 4.34. The third-order valence-electron chi connectivity index (χ3n) is 4.34. The molecule has 2 aliphatic rings. The summed E-state index contributed by atoms with van der Waals surface area (Å²) < 4.78 is 0. The lowest BCUT2D eigenvalue weighted by atomic mass is 9.99. The maximum Gasteiger partial charge on any atom is 0.126 e. The molecule has 2 unspecified atom stereocenters. The molecule has 0 aliphatic carbocycles. The van der Waals surface area contributed by atoms with E-state index in [2.05, 4.69) is 21.3 Å². The zero-order valence-corrected chi connectivity index (χ0v) is 11.0. The predicted octanol–water partition coefficient (Wildman–Crippen LogP) is 2.01. The molecule has 0 amide bonds. The van der Waals surface area contributed by atoms with Gasteiger partial charge in [0.15, 0.2) is 0 Å². The molecule has 0 aromatic carbocycles. The fourth-order valence-corrected chi connectivity index (χ4v) is 3.25. The van der Waals surface area contributed by atoms with Crippen molar-refractivity contribution in [3.63, 3.8) is 0 Å². The Balaban J connectivity index is 1.70. The van der Waals surface area contributed by atoms with E-state index < -0.39 is 0 Å². The number of nitrogen functional groups attached to an aromatic ring is 1. The van der Waals surface area contributed by atoms with Gasteiger partial charge in [0.05, 0.1) is 11.9 Å². The Kier molecular flexibility index (Phi) is 3.12. The minimum absolute atomic E-state index is 0.556. The number of aryl methyl sites for hydroxylation is 1. The van der Waals surface area contributed by atoms with E-state index in [4.69, 9.17) is 5.73 Å². The average molecular weight is 246 g/mol.